The maximum atomic E-state index is 12.0. The van der Waals surface area contributed by atoms with Crippen LogP contribution in [0.4, 0.5) is 4.79 Å². The number of aliphatic hydroxyl groups excluding tert-OH is 1. The summed E-state index contributed by atoms with van der Waals surface area (Å²) in [7, 11) is 0. The Hall–Kier alpha value is -0.770. The molecular formula is C14H28N2O2. The van der Waals surface area contributed by atoms with Gasteiger partial charge in [0.05, 0.1) is 0 Å². The molecular weight excluding hydrogens is 228 g/mol. The quantitative estimate of drug-likeness (QED) is 0.765. The van der Waals surface area contributed by atoms with E-state index in [2.05, 4.69) is 19.2 Å². The molecule has 2 unspecified atom stereocenters. The van der Waals surface area contributed by atoms with E-state index >= 15 is 0 Å². The Morgan fingerprint density at radius 1 is 1.50 bits per heavy atom. The summed E-state index contributed by atoms with van der Waals surface area (Å²) in [4.78, 5) is 13.9. The van der Waals surface area contributed by atoms with Crippen molar-refractivity contribution in [2.45, 2.75) is 46.0 Å². The summed E-state index contributed by atoms with van der Waals surface area (Å²) in [6, 6.07) is 0.0700. The van der Waals surface area contributed by atoms with Crippen molar-refractivity contribution in [2.24, 2.45) is 11.8 Å². The van der Waals surface area contributed by atoms with Crippen LogP contribution in [0.5, 0.6) is 0 Å². The molecule has 18 heavy (non-hydrogen) atoms. The molecule has 4 nitrogen and oxygen atoms in total. The van der Waals surface area contributed by atoms with Gasteiger partial charge in [-0.25, -0.2) is 4.79 Å². The minimum absolute atomic E-state index is 0.0700. The van der Waals surface area contributed by atoms with E-state index in [1.807, 2.05) is 4.90 Å². The van der Waals surface area contributed by atoms with Gasteiger partial charge in [0, 0.05) is 26.2 Å². The minimum Gasteiger partial charge on any atom is -0.396 e. The van der Waals surface area contributed by atoms with Crippen LogP contribution in [0.25, 0.3) is 0 Å². The molecule has 2 N–H and O–H groups in total. The zero-order valence-corrected chi connectivity index (χ0v) is 11.8. The molecule has 0 bridgehead atoms. The molecule has 4 heteroatoms. The predicted molar refractivity (Wildman–Crippen MR) is 73.5 cm³/mol. The zero-order valence-electron chi connectivity index (χ0n) is 11.8. The molecule has 1 rings (SSSR count). The van der Waals surface area contributed by atoms with Gasteiger partial charge in [0.15, 0.2) is 0 Å². The number of hydrogen-bond donors (Lipinski definition) is 2. The highest BCUT2D eigenvalue weighted by molar-refractivity contribution is 5.74. The van der Waals surface area contributed by atoms with Crippen LogP contribution in [0.2, 0.25) is 0 Å². The lowest BCUT2D eigenvalue weighted by atomic mass is 10.00. The number of hydrogen-bond acceptors (Lipinski definition) is 2. The smallest absolute Gasteiger partial charge is 0.317 e. The van der Waals surface area contributed by atoms with Gasteiger partial charge >= 0.3 is 6.03 Å². The Labute approximate surface area is 111 Å². The second-order valence-corrected chi connectivity index (χ2v) is 5.55. The number of amides is 2. The number of carbonyl (C=O) groups excluding carboxylic acids is 1. The topological polar surface area (TPSA) is 52.6 Å². The van der Waals surface area contributed by atoms with Crippen molar-refractivity contribution in [1.29, 1.82) is 0 Å². The van der Waals surface area contributed by atoms with Crippen molar-refractivity contribution >= 4 is 6.03 Å². The summed E-state index contributed by atoms with van der Waals surface area (Å²) in [5.74, 6) is 1.03. The van der Waals surface area contributed by atoms with Crippen LogP contribution in [-0.2, 0) is 0 Å². The van der Waals surface area contributed by atoms with E-state index in [9.17, 15) is 4.79 Å². The van der Waals surface area contributed by atoms with E-state index < -0.39 is 0 Å². The normalized spacial score (nSPS) is 21.7. The third kappa shape index (κ3) is 5.25. The van der Waals surface area contributed by atoms with Crippen molar-refractivity contribution in [3.63, 3.8) is 0 Å². The van der Waals surface area contributed by atoms with Crippen molar-refractivity contribution in [1.82, 2.24) is 10.2 Å². The van der Waals surface area contributed by atoms with Gasteiger partial charge in [0.2, 0.25) is 0 Å². The molecule has 0 saturated carbocycles. The largest absolute Gasteiger partial charge is 0.396 e. The average Bonchev–Trinajstić information content (AvgIpc) is 2.36. The summed E-state index contributed by atoms with van der Waals surface area (Å²) >= 11 is 0. The van der Waals surface area contributed by atoms with Gasteiger partial charge in [-0.15, -0.1) is 0 Å². The molecule has 1 aliphatic heterocycles. The highest BCUT2D eigenvalue weighted by atomic mass is 16.3. The fourth-order valence-corrected chi connectivity index (χ4v) is 2.66. The van der Waals surface area contributed by atoms with Crippen LogP contribution < -0.4 is 5.32 Å². The maximum Gasteiger partial charge on any atom is 0.317 e. The van der Waals surface area contributed by atoms with E-state index in [4.69, 9.17) is 5.11 Å². The van der Waals surface area contributed by atoms with Gasteiger partial charge in [-0.05, 0) is 37.5 Å². The van der Waals surface area contributed by atoms with E-state index in [1.165, 1.54) is 6.42 Å². The number of likely N-dealkylation sites (tertiary alicyclic amines) is 1. The van der Waals surface area contributed by atoms with E-state index in [1.54, 1.807) is 0 Å². The van der Waals surface area contributed by atoms with Crippen LogP contribution in [0, 0.1) is 11.8 Å². The van der Waals surface area contributed by atoms with Crippen molar-refractivity contribution < 1.29 is 9.90 Å². The monoisotopic (exact) mass is 256 g/mol. The maximum absolute atomic E-state index is 12.0. The summed E-state index contributed by atoms with van der Waals surface area (Å²) in [5, 5.41) is 12.0. The molecule has 1 saturated heterocycles. The first-order chi connectivity index (χ1) is 8.67. The first kappa shape index (κ1) is 15.3. The predicted octanol–water partition coefficient (Wildman–Crippen LogP) is 2.23. The van der Waals surface area contributed by atoms with Crippen LogP contribution in [0.3, 0.4) is 0 Å². The number of urea groups is 1. The van der Waals surface area contributed by atoms with Crippen LogP contribution in [0.1, 0.15) is 46.0 Å². The molecule has 1 fully saturated rings. The lowest BCUT2D eigenvalue weighted by Crippen LogP contribution is -2.46. The average molecular weight is 256 g/mol. The van der Waals surface area contributed by atoms with Crippen LogP contribution in [0.15, 0.2) is 0 Å². The molecule has 0 aliphatic carbocycles. The molecule has 1 heterocycles. The molecule has 0 aromatic rings. The summed E-state index contributed by atoms with van der Waals surface area (Å²) in [6.45, 7) is 7.00. The molecule has 0 aromatic heterocycles. The summed E-state index contributed by atoms with van der Waals surface area (Å²) in [6.07, 6.45) is 5.29. The first-order valence-corrected chi connectivity index (χ1v) is 7.31. The standard InChI is InChI=1S/C14H28N2O2/c1-3-5-13(7-9-17)10-15-14(18)16-8-4-6-12(2)11-16/h12-13,17H,3-11H2,1-2H3,(H,15,18). The second kappa shape index (κ2) is 8.35. The van der Waals surface area contributed by atoms with Crippen LogP contribution >= 0.6 is 0 Å². The van der Waals surface area contributed by atoms with Crippen molar-refractivity contribution in [2.75, 3.05) is 26.2 Å². The van der Waals surface area contributed by atoms with Gasteiger partial charge in [0.1, 0.15) is 0 Å². The molecule has 0 radical (unpaired) electrons. The molecule has 0 spiro atoms. The van der Waals surface area contributed by atoms with E-state index in [0.717, 1.165) is 38.8 Å². The lowest BCUT2D eigenvalue weighted by molar-refractivity contribution is 0.166. The van der Waals surface area contributed by atoms with Crippen molar-refractivity contribution in [3.8, 4) is 0 Å². The minimum atomic E-state index is 0.0700. The highest BCUT2D eigenvalue weighted by Gasteiger charge is 2.21. The molecule has 1 aliphatic rings. The summed E-state index contributed by atoms with van der Waals surface area (Å²) < 4.78 is 0. The van der Waals surface area contributed by atoms with Gasteiger partial charge < -0.3 is 15.3 Å². The lowest BCUT2D eigenvalue weighted by Gasteiger charge is -2.31. The first-order valence-electron chi connectivity index (χ1n) is 7.31. The fraction of sp³-hybridized carbons (Fsp3) is 0.929. The Bertz CT molecular complexity index is 240. The summed E-state index contributed by atoms with van der Waals surface area (Å²) in [5.41, 5.74) is 0. The Morgan fingerprint density at radius 3 is 2.89 bits per heavy atom. The zero-order chi connectivity index (χ0) is 13.4. The SMILES string of the molecule is CCCC(CCO)CNC(=O)N1CCCC(C)C1. The Balaban J connectivity index is 2.29. The van der Waals surface area contributed by atoms with Crippen LogP contribution in [-0.4, -0.2) is 42.3 Å². The second-order valence-electron chi connectivity index (χ2n) is 5.55. The number of nitrogens with one attached hydrogen (secondary N) is 1. The Morgan fingerprint density at radius 2 is 2.28 bits per heavy atom. The number of rotatable bonds is 6. The number of piperidine rings is 1. The van der Waals surface area contributed by atoms with Gasteiger partial charge in [-0.2, -0.15) is 0 Å². The molecule has 2 atom stereocenters. The number of nitrogens with zero attached hydrogens (tertiary/aromatic N) is 1. The third-order valence-electron chi connectivity index (χ3n) is 3.72. The number of carbonyl (C=O) groups is 1. The molecule has 106 valence electrons. The van der Waals surface area contributed by atoms with E-state index in [0.29, 0.717) is 18.4 Å². The highest BCUT2D eigenvalue weighted by Crippen LogP contribution is 2.15. The van der Waals surface area contributed by atoms with Gasteiger partial charge in [0.25, 0.3) is 0 Å². The molecule has 0 aromatic carbocycles. The Kier molecular flexibility index (Phi) is 7.09. The van der Waals surface area contributed by atoms with E-state index in [-0.39, 0.29) is 12.6 Å². The van der Waals surface area contributed by atoms with Gasteiger partial charge in [-0.1, -0.05) is 20.3 Å². The van der Waals surface area contributed by atoms with Crippen molar-refractivity contribution in [3.05, 3.63) is 0 Å². The fourth-order valence-electron chi connectivity index (χ4n) is 2.66. The third-order valence-corrected chi connectivity index (χ3v) is 3.72. The van der Waals surface area contributed by atoms with Gasteiger partial charge in [-0.3, -0.25) is 0 Å². The number of aliphatic hydroxyl groups is 1. The molecule has 2 amide bonds.